The van der Waals surface area contributed by atoms with Crippen molar-refractivity contribution in [2.75, 3.05) is 0 Å². The Hall–Kier alpha value is -1.09. The number of ketones is 1. The molecule has 0 bridgehead atoms. The van der Waals surface area contributed by atoms with E-state index in [9.17, 15) is 10.0 Å². The van der Waals surface area contributed by atoms with Crippen molar-refractivity contribution in [2.24, 2.45) is 0 Å². The van der Waals surface area contributed by atoms with Gasteiger partial charge in [-0.05, 0) is 18.6 Å². The van der Waals surface area contributed by atoms with E-state index in [2.05, 4.69) is 0 Å². The fraction of sp³-hybridized carbons (Fsp3) is 0.500. The van der Waals surface area contributed by atoms with Gasteiger partial charge in [-0.15, -0.1) is 0 Å². The molecule has 1 unspecified atom stereocenters. The van der Waals surface area contributed by atoms with Crippen LogP contribution in [0.4, 0.5) is 0 Å². The Labute approximate surface area is 78.3 Å². The summed E-state index contributed by atoms with van der Waals surface area (Å²) in [6.45, 7) is 3.73. The van der Waals surface area contributed by atoms with Gasteiger partial charge in [-0.3, -0.25) is 15.1 Å². The summed E-state index contributed by atoms with van der Waals surface area (Å²) < 4.78 is 0. The average molecular weight is 181 g/mol. The maximum Gasteiger partial charge on any atom is 0.136 e. The number of allylic oxidation sites excluding steroid dienone is 2. The Morgan fingerprint density at radius 2 is 2.38 bits per heavy atom. The Kier molecular flexibility index (Phi) is 3.25. The van der Waals surface area contributed by atoms with Crippen LogP contribution in [0.1, 0.15) is 26.7 Å². The van der Waals surface area contributed by atoms with E-state index in [4.69, 9.17) is 0 Å². The van der Waals surface area contributed by atoms with E-state index in [0.29, 0.717) is 12.8 Å². The maximum atomic E-state index is 11.1. The first kappa shape index (κ1) is 9.99. The van der Waals surface area contributed by atoms with Crippen molar-refractivity contribution in [3.8, 4) is 0 Å². The first-order valence-electron chi connectivity index (χ1n) is 4.51. The molecule has 1 aliphatic rings. The largest absolute Gasteiger partial charge is 0.299 e. The molecular formula is C10H15NO2. The van der Waals surface area contributed by atoms with Gasteiger partial charge in [0.15, 0.2) is 0 Å². The zero-order chi connectivity index (χ0) is 9.84. The first-order valence-corrected chi connectivity index (χ1v) is 4.51. The van der Waals surface area contributed by atoms with Crippen LogP contribution < -0.4 is 0 Å². The van der Waals surface area contributed by atoms with Gasteiger partial charge < -0.3 is 0 Å². The normalized spacial score (nSPS) is 21.6. The highest BCUT2D eigenvalue weighted by molar-refractivity contribution is 5.81. The van der Waals surface area contributed by atoms with Crippen molar-refractivity contribution in [3.63, 3.8) is 0 Å². The number of Topliss-reactive ketones (excluding diaryl/α,β-unsaturated/α-hetero) is 1. The third kappa shape index (κ3) is 2.70. The van der Waals surface area contributed by atoms with E-state index in [1.54, 1.807) is 12.3 Å². The molecule has 0 aromatic heterocycles. The second-order valence-corrected chi connectivity index (χ2v) is 3.25. The number of hydroxylamine groups is 2. The van der Waals surface area contributed by atoms with Crippen molar-refractivity contribution in [2.45, 2.75) is 32.7 Å². The molecule has 0 radical (unpaired) electrons. The van der Waals surface area contributed by atoms with E-state index in [0.717, 1.165) is 10.6 Å². The zero-order valence-corrected chi connectivity index (χ0v) is 8.03. The van der Waals surface area contributed by atoms with Crippen LogP contribution >= 0.6 is 0 Å². The summed E-state index contributed by atoms with van der Waals surface area (Å²) in [7, 11) is 0. The predicted molar refractivity (Wildman–Crippen MR) is 50.2 cm³/mol. The summed E-state index contributed by atoms with van der Waals surface area (Å²) in [5.41, 5.74) is 0.990. The van der Waals surface area contributed by atoms with Crippen LogP contribution in [0.5, 0.6) is 0 Å². The molecule has 0 saturated carbocycles. The summed E-state index contributed by atoms with van der Waals surface area (Å²) in [6.07, 6.45) is 6.30. The summed E-state index contributed by atoms with van der Waals surface area (Å²) in [5.74, 6) is 0.231. The lowest BCUT2D eigenvalue weighted by atomic mass is 10.0. The van der Waals surface area contributed by atoms with Gasteiger partial charge in [-0.1, -0.05) is 13.0 Å². The lowest BCUT2D eigenvalue weighted by Gasteiger charge is -2.22. The van der Waals surface area contributed by atoms with E-state index < -0.39 is 0 Å². The molecule has 0 amide bonds. The number of carbonyl (C=O) groups is 1. The molecule has 1 N–H and O–H groups in total. The summed E-state index contributed by atoms with van der Waals surface area (Å²) in [5, 5.41) is 10.3. The summed E-state index contributed by atoms with van der Waals surface area (Å²) in [6, 6.07) is -0.0374. The maximum absolute atomic E-state index is 11.1. The van der Waals surface area contributed by atoms with Crippen LogP contribution in [0.15, 0.2) is 23.9 Å². The molecule has 0 saturated heterocycles. The quantitative estimate of drug-likeness (QED) is 0.722. The fourth-order valence-electron chi connectivity index (χ4n) is 1.22. The minimum atomic E-state index is -0.0374. The molecule has 0 spiro atoms. The highest BCUT2D eigenvalue weighted by Gasteiger charge is 2.11. The minimum absolute atomic E-state index is 0.0374. The zero-order valence-electron chi connectivity index (χ0n) is 8.03. The number of hydrogen-bond acceptors (Lipinski definition) is 3. The Morgan fingerprint density at radius 3 is 2.92 bits per heavy atom. The van der Waals surface area contributed by atoms with E-state index in [1.165, 1.54) is 0 Å². The molecule has 0 aromatic carbocycles. The van der Waals surface area contributed by atoms with E-state index in [-0.39, 0.29) is 11.8 Å². The van der Waals surface area contributed by atoms with Crippen LogP contribution in [0.3, 0.4) is 0 Å². The van der Waals surface area contributed by atoms with Crippen molar-refractivity contribution in [1.82, 2.24) is 5.06 Å². The van der Waals surface area contributed by atoms with Gasteiger partial charge in [-0.2, -0.15) is 0 Å². The van der Waals surface area contributed by atoms with Crippen LogP contribution in [-0.4, -0.2) is 22.1 Å². The standard InChI is InChI=1S/C10H15NO2/c1-3-10(12)7-9-4-5-11(13)8(2)6-9/h4-6,8,13H,3,7H2,1-2H3. The van der Waals surface area contributed by atoms with Gasteiger partial charge in [0.1, 0.15) is 5.78 Å². The molecular weight excluding hydrogens is 166 g/mol. The van der Waals surface area contributed by atoms with Gasteiger partial charge in [0.2, 0.25) is 0 Å². The second kappa shape index (κ2) is 4.23. The molecule has 3 nitrogen and oxygen atoms in total. The van der Waals surface area contributed by atoms with Gasteiger partial charge in [0, 0.05) is 19.0 Å². The highest BCUT2D eigenvalue weighted by atomic mass is 16.5. The van der Waals surface area contributed by atoms with Crippen LogP contribution in [0, 0.1) is 0 Å². The average Bonchev–Trinajstić information content (AvgIpc) is 2.11. The Morgan fingerprint density at radius 1 is 1.69 bits per heavy atom. The summed E-state index contributed by atoms with van der Waals surface area (Å²) in [4.78, 5) is 11.1. The second-order valence-electron chi connectivity index (χ2n) is 3.25. The van der Waals surface area contributed by atoms with E-state index >= 15 is 0 Å². The molecule has 13 heavy (non-hydrogen) atoms. The smallest absolute Gasteiger partial charge is 0.136 e. The van der Waals surface area contributed by atoms with Gasteiger partial charge in [-0.25, -0.2) is 0 Å². The number of nitrogens with zero attached hydrogens (tertiary/aromatic N) is 1. The predicted octanol–water partition coefficient (Wildman–Crippen LogP) is 1.89. The SMILES string of the molecule is CCC(=O)CC1=CC(C)N(O)C=C1. The van der Waals surface area contributed by atoms with Gasteiger partial charge >= 0.3 is 0 Å². The van der Waals surface area contributed by atoms with Crippen LogP contribution in [-0.2, 0) is 4.79 Å². The number of rotatable bonds is 3. The lowest BCUT2D eigenvalue weighted by Crippen LogP contribution is -2.25. The number of hydrogen-bond donors (Lipinski definition) is 1. The molecule has 1 heterocycles. The van der Waals surface area contributed by atoms with Crippen molar-refractivity contribution >= 4 is 5.78 Å². The van der Waals surface area contributed by atoms with Crippen LogP contribution in [0.2, 0.25) is 0 Å². The topological polar surface area (TPSA) is 40.5 Å². The van der Waals surface area contributed by atoms with Crippen LogP contribution in [0.25, 0.3) is 0 Å². The van der Waals surface area contributed by atoms with Gasteiger partial charge in [0.05, 0.1) is 6.04 Å². The molecule has 1 aliphatic heterocycles. The third-order valence-corrected chi connectivity index (χ3v) is 2.11. The molecule has 0 aliphatic carbocycles. The summed E-state index contributed by atoms with van der Waals surface area (Å²) >= 11 is 0. The molecule has 3 heteroatoms. The van der Waals surface area contributed by atoms with Crippen molar-refractivity contribution in [1.29, 1.82) is 0 Å². The Balaban J connectivity index is 2.58. The molecule has 1 rings (SSSR count). The third-order valence-electron chi connectivity index (χ3n) is 2.11. The Bertz CT molecular complexity index is 256. The fourth-order valence-corrected chi connectivity index (χ4v) is 1.22. The van der Waals surface area contributed by atoms with Crippen molar-refractivity contribution < 1.29 is 10.0 Å². The monoisotopic (exact) mass is 181 g/mol. The lowest BCUT2D eigenvalue weighted by molar-refractivity contribution is -0.118. The molecule has 0 fully saturated rings. The highest BCUT2D eigenvalue weighted by Crippen LogP contribution is 2.15. The molecule has 72 valence electrons. The van der Waals surface area contributed by atoms with E-state index in [1.807, 2.05) is 19.9 Å². The first-order chi connectivity index (χ1) is 6.13. The molecule has 0 aromatic rings. The van der Waals surface area contributed by atoms with Crippen molar-refractivity contribution in [3.05, 3.63) is 23.9 Å². The number of carbonyl (C=O) groups excluding carboxylic acids is 1. The minimum Gasteiger partial charge on any atom is -0.299 e. The van der Waals surface area contributed by atoms with Gasteiger partial charge in [0.25, 0.3) is 0 Å². The molecule has 1 atom stereocenters.